The van der Waals surface area contributed by atoms with Crippen molar-refractivity contribution in [1.29, 1.82) is 0 Å². The van der Waals surface area contributed by atoms with E-state index in [9.17, 15) is 29.1 Å². The first-order chi connectivity index (χ1) is 25.2. The maximum absolute atomic E-state index is 14.3. The average Bonchev–Trinajstić information content (AvgIpc) is 3.49. The molecule has 0 radical (unpaired) electrons. The van der Waals surface area contributed by atoms with Gasteiger partial charge in [-0.3, -0.25) is 28.9 Å². The van der Waals surface area contributed by atoms with Gasteiger partial charge >= 0.3 is 0 Å². The van der Waals surface area contributed by atoms with Crippen LogP contribution in [0.15, 0.2) is 18.2 Å². The molecule has 0 unspecified atom stereocenters. The van der Waals surface area contributed by atoms with Crippen molar-refractivity contribution in [2.75, 3.05) is 48.5 Å². The van der Waals surface area contributed by atoms with Crippen molar-refractivity contribution in [2.45, 2.75) is 124 Å². The summed E-state index contributed by atoms with van der Waals surface area (Å²) in [5.74, 6) is -2.39. The van der Waals surface area contributed by atoms with Crippen LogP contribution in [-0.4, -0.2) is 134 Å². The molecule has 1 heterocycles. The van der Waals surface area contributed by atoms with Crippen LogP contribution in [0.1, 0.15) is 95.6 Å². The van der Waals surface area contributed by atoms with E-state index in [4.69, 9.17) is 9.47 Å². The standard InChI is InChI=1S/C42H70N4O8/c1-15-27(7)39(45(12)42(52)32(24(2)3)20-34(48)38(25(4)5)44(10)11)36(53-13)21-37(50)46-23-30(47)19-33(46)40(54-14)29(9)41(51)43-22-35(49)31-17-16-26(6)18-28(31)8/h16-18,24-25,27,29-30,32-33,36,38-40,47H,15,19-23H2,1-14H3,(H,43,51)/t27-,29+,30-,32-,33-,36+,38-,39-,40+/m0/s1. The van der Waals surface area contributed by atoms with Crippen LogP contribution < -0.4 is 5.32 Å². The molecule has 2 N–H and O–H groups in total. The molecular formula is C42H70N4O8. The number of hydrogen-bond acceptors (Lipinski definition) is 9. The first-order valence-corrected chi connectivity index (χ1v) is 19.6. The van der Waals surface area contributed by atoms with E-state index in [1.54, 1.807) is 29.8 Å². The lowest BCUT2D eigenvalue weighted by Crippen LogP contribution is -2.54. The number of methoxy groups -OCH3 is 2. The Balaban J connectivity index is 2.28. The fourth-order valence-electron chi connectivity index (χ4n) is 8.32. The largest absolute Gasteiger partial charge is 0.391 e. The van der Waals surface area contributed by atoms with Gasteiger partial charge in [0.1, 0.15) is 0 Å². The number of aryl methyl sites for hydroxylation is 2. The van der Waals surface area contributed by atoms with E-state index < -0.39 is 48.1 Å². The molecule has 9 atom stereocenters. The second kappa shape index (κ2) is 21.2. The number of nitrogens with one attached hydrogen (secondary N) is 1. The molecule has 0 aliphatic carbocycles. The predicted molar refractivity (Wildman–Crippen MR) is 211 cm³/mol. The molecule has 12 heteroatoms. The molecule has 0 saturated carbocycles. The fourth-order valence-corrected chi connectivity index (χ4v) is 8.32. The monoisotopic (exact) mass is 759 g/mol. The van der Waals surface area contributed by atoms with Crippen molar-refractivity contribution >= 4 is 29.3 Å². The van der Waals surface area contributed by atoms with Crippen LogP contribution in [0.25, 0.3) is 0 Å². The van der Waals surface area contributed by atoms with Gasteiger partial charge in [0, 0.05) is 45.7 Å². The maximum atomic E-state index is 14.3. The SMILES string of the molecule is CC[C@H](C)[C@@H]([C@@H](CC(=O)N1C[C@@H](O)C[C@H]1[C@H](OC)[C@@H](C)C(=O)NCC(=O)c1ccc(C)cc1C)OC)N(C)C(=O)[C@@H](CC(=O)[C@H](C(C)C)N(C)C)C(C)C. The molecule has 3 amide bonds. The van der Waals surface area contributed by atoms with Crippen molar-refractivity contribution in [3.63, 3.8) is 0 Å². The Morgan fingerprint density at radius 2 is 1.57 bits per heavy atom. The number of aliphatic hydroxyl groups excluding tert-OH is 1. The molecule has 1 aliphatic heterocycles. The molecule has 0 spiro atoms. The van der Waals surface area contributed by atoms with E-state index >= 15 is 0 Å². The zero-order chi connectivity index (χ0) is 41.2. The lowest BCUT2D eigenvalue weighted by Gasteiger charge is -2.41. The van der Waals surface area contributed by atoms with Crippen LogP contribution in [0.2, 0.25) is 0 Å². The Morgan fingerprint density at radius 3 is 2.07 bits per heavy atom. The average molecular weight is 759 g/mol. The number of likely N-dealkylation sites (tertiary alicyclic amines) is 1. The van der Waals surface area contributed by atoms with Gasteiger partial charge in [-0.05, 0) is 57.7 Å². The molecule has 1 aliphatic rings. The molecule has 1 saturated heterocycles. The van der Waals surface area contributed by atoms with Crippen LogP contribution in [0.4, 0.5) is 0 Å². The van der Waals surface area contributed by atoms with Gasteiger partial charge in [-0.1, -0.05) is 78.6 Å². The molecule has 1 fully saturated rings. The minimum atomic E-state index is -0.824. The lowest BCUT2D eigenvalue weighted by atomic mass is 9.83. The van der Waals surface area contributed by atoms with Crippen LogP contribution in [-0.2, 0) is 28.7 Å². The van der Waals surface area contributed by atoms with Gasteiger partial charge in [0.05, 0.1) is 55.3 Å². The third kappa shape index (κ3) is 11.9. The summed E-state index contributed by atoms with van der Waals surface area (Å²) >= 11 is 0. The van der Waals surface area contributed by atoms with E-state index in [1.165, 1.54) is 14.2 Å². The first kappa shape index (κ1) is 47.0. The zero-order valence-corrected chi connectivity index (χ0v) is 35.5. The van der Waals surface area contributed by atoms with Gasteiger partial charge in [0.15, 0.2) is 11.6 Å². The van der Waals surface area contributed by atoms with Gasteiger partial charge in [0.2, 0.25) is 17.7 Å². The smallest absolute Gasteiger partial charge is 0.226 e. The summed E-state index contributed by atoms with van der Waals surface area (Å²) in [6.45, 7) is 17.3. The Kier molecular flexibility index (Phi) is 18.4. The van der Waals surface area contributed by atoms with Crippen molar-refractivity contribution in [3.8, 4) is 0 Å². The number of rotatable bonds is 21. The number of ether oxygens (including phenoxy) is 2. The predicted octanol–water partition coefficient (Wildman–Crippen LogP) is 4.31. The second-order valence-corrected chi connectivity index (χ2v) is 16.4. The normalized spacial score (nSPS) is 20.0. The Labute approximate surface area is 324 Å². The number of benzene rings is 1. The molecule has 0 bridgehead atoms. The second-order valence-electron chi connectivity index (χ2n) is 16.4. The van der Waals surface area contributed by atoms with Crippen LogP contribution in [0.5, 0.6) is 0 Å². The summed E-state index contributed by atoms with van der Waals surface area (Å²) in [4.78, 5) is 73.5. The van der Waals surface area contributed by atoms with E-state index in [0.29, 0.717) is 12.0 Å². The first-order valence-electron chi connectivity index (χ1n) is 19.6. The highest BCUT2D eigenvalue weighted by atomic mass is 16.5. The fraction of sp³-hybridized carbons (Fsp3) is 0.738. The number of carbonyl (C=O) groups excluding carboxylic acids is 5. The highest BCUT2D eigenvalue weighted by Gasteiger charge is 2.45. The number of β-amino-alcohol motifs (C(OH)–C–C–N with tert-alkyl or cyclic N) is 1. The summed E-state index contributed by atoms with van der Waals surface area (Å²) in [5.41, 5.74) is 2.42. The van der Waals surface area contributed by atoms with Crippen LogP contribution in [0.3, 0.4) is 0 Å². The van der Waals surface area contributed by atoms with Gasteiger partial charge in [-0.2, -0.15) is 0 Å². The molecule has 1 aromatic rings. The number of hydrogen-bond donors (Lipinski definition) is 2. The van der Waals surface area contributed by atoms with Crippen LogP contribution >= 0.6 is 0 Å². The van der Waals surface area contributed by atoms with E-state index in [0.717, 1.165) is 11.1 Å². The Hall–Kier alpha value is -3.19. The van der Waals surface area contributed by atoms with E-state index in [2.05, 4.69) is 5.32 Å². The van der Waals surface area contributed by atoms with Gasteiger partial charge < -0.3 is 29.7 Å². The number of carbonyl (C=O) groups is 5. The third-order valence-corrected chi connectivity index (χ3v) is 11.4. The summed E-state index contributed by atoms with van der Waals surface area (Å²) in [6, 6.07) is 4.13. The summed E-state index contributed by atoms with van der Waals surface area (Å²) < 4.78 is 11.8. The quantitative estimate of drug-likeness (QED) is 0.175. The summed E-state index contributed by atoms with van der Waals surface area (Å²) in [5, 5.41) is 13.5. The number of ketones is 2. The topological polar surface area (TPSA) is 146 Å². The molecule has 54 heavy (non-hydrogen) atoms. The Bertz CT molecular complexity index is 1420. The molecule has 306 valence electrons. The number of nitrogens with zero attached hydrogens (tertiary/aromatic N) is 3. The lowest BCUT2D eigenvalue weighted by molar-refractivity contribution is -0.149. The van der Waals surface area contributed by atoms with Crippen molar-refractivity contribution in [1.82, 2.24) is 20.0 Å². The molecule has 12 nitrogen and oxygen atoms in total. The maximum Gasteiger partial charge on any atom is 0.226 e. The number of Topliss-reactive ketones (excluding diaryl/α,β-unsaturated/α-hetero) is 2. The Morgan fingerprint density at radius 1 is 0.944 bits per heavy atom. The molecule has 1 aromatic carbocycles. The van der Waals surface area contributed by atoms with Crippen molar-refractivity contribution in [2.24, 2.45) is 29.6 Å². The van der Waals surface area contributed by atoms with Crippen molar-refractivity contribution < 1.29 is 38.6 Å². The number of amides is 3. The number of aliphatic hydroxyl groups is 1. The minimum Gasteiger partial charge on any atom is -0.391 e. The van der Waals surface area contributed by atoms with Gasteiger partial charge in [-0.15, -0.1) is 0 Å². The zero-order valence-electron chi connectivity index (χ0n) is 35.5. The van der Waals surface area contributed by atoms with E-state index in [1.807, 2.05) is 86.5 Å². The van der Waals surface area contributed by atoms with Crippen LogP contribution in [0, 0.1) is 43.4 Å². The molecular weight excluding hydrogens is 688 g/mol. The summed E-state index contributed by atoms with van der Waals surface area (Å²) in [6.07, 6.45) is -1.31. The van der Waals surface area contributed by atoms with Crippen molar-refractivity contribution in [3.05, 3.63) is 34.9 Å². The number of likely N-dealkylation sites (N-methyl/N-ethyl adjacent to an activating group) is 2. The third-order valence-electron chi connectivity index (χ3n) is 11.4. The van der Waals surface area contributed by atoms with E-state index in [-0.39, 0.29) is 79.5 Å². The highest BCUT2D eigenvalue weighted by Crippen LogP contribution is 2.31. The van der Waals surface area contributed by atoms with Gasteiger partial charge in [-0.25, -0.2) is 0 Å². The molecule has 0 aromatic heterocycles. The van der Waals surface area contributed by atoms with Gasteiger partial charge in [0.25, 0.3) is 0 Å². The minimum absolute atomic E-state index is 0.0243. The molecule has 2 rings (SSSR count). The summed E-state index contributed by atoms with van der Waals surface area (Å²) in [7, 11) is 8.49. The highest BCUT2D eigenvalue weighted by molar-refractivity contribution is 6.00.